The first-order valence-electron chi connectivity index (χ1n) is 5.30. The van der Waals surface area contributed by atoms with E-state index in [-0.39, 0.29) is 11.5 Å². The molecule has 1 nitrogen and oxygen atoms in total. The van der Waals surface area contributed by atoms with E-state index in [1.807, 2.05) is 0 Å². The zero-order valence-corrected chi connectivity index (χ0v) is 9.17. The van der Waals surface area contributed by atoms with Gasteiger partial charge in [0.15, 0.2) is 0 Å². The number of aliphatic hydroxyl groups is 1. The summed E-state index contributed by atoms with van der Waals surface area (Å²) in [4.78, 5) is 0. The van der Waals surface area contributed by atoms with Crippen molar-refractivity contribution in [1.29, 1.82) is 0 Å². The van der Waals surface area contributed by atoms with E-state index in [1.54, 1.807) is 0 Å². The molecule has 0 aromatic heterocycles. The normalized spacial score (nSPS) is 30.0. The minimum Gasteiger partial charge on any atom is -0.388 e. The van der Waals surface area contributed by atoms with Gasteiger partial charge in [-0.25, -0.2) is 0 Å². The van der Waals surface area contributed by atoms with Gasteiger partial charge in [0, 0.05) is 5.41 Å². The van der Waals surface area contributed by atoms with Crippen LogP contribution in [0.25, 0.3) is 0 Å². The lowest BCUT2D eigenvalue weighted by molar-refractivity contribution is 0.215. The second-order valence-electron chi connectivity index (χ2n) is 4.97. The summed E-state index contributed by atoms with van der Waals surface area (Å²) in [7, 11) is 0. The standard InChI is InChI=1S/C13H18O/c1-9-8-13(2,3)7-6-11-10(9)4-5-12(11)14/h6-8,12,14H,4-5H2,1-3H3. The fourth-order valence-electron chi connectivity index (χ4n) is 2.42. The molecule has 2 aliphatic rings. The average Bonchev–Trinajstić information content (AvgIpc) is 2.37. The molecular formula is C13H18O. The molecule has 0 saturated heterocycles. The molecule has 2 rings (SSSR count). The van der Waals surface area contributed by atoms with Gasteiger partial charge in [-0.1, -0.05) is 37.6 Å². The second kappa shape index (κ2) is 3.09. The van der Waals surface area contributed by atoms with E-state index in [0.29, 0.717) is 0 Å². The van der Waals surface area contributed by atoms with Crippen LogP contribution in [0.4, 0.5) is 0 Å². The van der Waals surface area contributed by atoms with Crippen LogP contribution in [0.15, 0.2) is 34.9 Å². The minimum absolute atomic E-state index is 0.119. The first-order valence-corrected chi connectivity index (χ1v) is 5.30. The fraction of sp³-hybridized carbons (Fsp3) is 0.538. The lowest BCUT2D eigenvalue weighted by atomic mass is 9.90. The van der Waals surface area contributed by atoms with E-state index in [0.717, 1.165) is 18.4 Å². The van der Waals surface area contributed by atoms with Crippen molar-refractivity contribution in [3.63, 3.8) is 0 Å². The van der Waals surface area contributed by atoms with Crippen LogP contribution < -0.4 is 0 Å². The summed E-state index contributed by atoms with van der Waals surface area (Å²) in [6.07, 6.45) is 8.27. The van der Waals surface area contributed by atoms with Crippen LogP contribution in [0.5, 0.6) is 0 Å². The maximum atomic E-state index is 9.80. The van der Waals surface area contributed by atoms with Crippen molar-refractivity contribution in [3.05, 3.63) is 34.9 Å². The summed E-state index contributed by atoms with van der Waals surface area (Å²) in [6.45, 7) is 6.55. The van der Waals surface area contributed by atoms with Crippen molar-refractivity contribution in [3.8, 4) is 0 Å². The predicted molar refractivity (Wildman–Crippen MR) is 58.9 cm³/mol. The Bertz CT molecular complexity index is 342. The molecule has 0 radical (unpaired) electrons. The summed E-state index contributed by atoms with van der Waals surface area (Å²) in [6, 6.07) is 0. The summed E-state index contributed by atoms with van der Waals surface area (Å²) >= 11 is 0. The molecule has 0 aromatic carbocycles. The highest BCUT2D eigenvalue weighted by molar-refractivity contribution is 5.48. The molecule has 0 amide bonds. The van der Waals surface area contributed by atoms with Crippen molar-refractivity contribution < 1.29 is 5.11 Å². The van der Waals surface area contributed by atoms with Gasteiger partial charge in [-0.2, -0.15) is 0 Å². The summed E-state index contributed by atoms with van der Waals surface area (Å²) < 4.78 is 0. The molecule has 0 aliphatic heterocycles. The maximum Gasteiger partial charge on any atom is 0.0795 e. The summed E-state index contributed by atoms with van der Waals surface area (Å²) in [5.41, 5.74) is 3.96. The van der Waals surface area contributed by atoms with Crippen molar-refractivity contribution in [2.24, 2.45) is 5.41 Å². The van der Waals surface area contributed by atoms with Gasteiger partial charge >= 0.3 is 0 Å². The Hall–Kier alpha value is -0.820. The Kier molecular flexibility index (Phi) is 2.15. The van der Waals surface area contributed by atoms with Gasteiger partial charge in [-0.15, -0.1) is 0 Å². The Morgan fingerprint density at radius 1 is 1.43 bits per heavy atom. The van der Waals surface area contributed by atoms with Crippen LogP contribution in [0, 0.1) is 5.41 Å². The molecule has 0 saturated carbocycles. The van der Waals surface area contributed by atoms with Crippen molar-refractivity contribution in [2.75, 3.05) is 0 Å². The quantitative estimate of drug-likeness (QED) is 0.622. The highest BCUT2D eigenvalue weighted by atomic mass is 16.3. The Labute approximate surface area is 85.8 Å². The van der Waals surface area contributed by atoms with Gasteiger partial charge in [0.05, 0.1) is 6.10 Å². The van der Waals surface area contributed by atoms with Gasteiger partial charge in [0.2, 0.25) is 0 Å². The molecule has 1 N–H and O–H groups in total. The largest absolute Gasteiger partial charge is 0.388 e. The molecule has 0 fully saturated rings. The van der Waals surface area contributed by atoms with Gasteiger partial charge in [-0.3, -0.25) is 0 Å². The van der Waals surface area contributed by atoms with Crippen LogP contribution >= 0.6 is 0 Å². The smallest absolute Gasteiger partial charge is 0.0795 e. The molecule has 0 bridgehead atoms. The number of hydrogen-bond acceptors (Lipinski definition) is 1. The summed E-state index contributed by atoms with van der Waals surface area (Å²) in [5, 5.41) is 9.80. The molecule has 1 atom stereocenters. The third-order valence-electron chi connectivity index (χ3n) is 3.13. The minimum atomic E-state index is -0.238. The molecule has 1 unspecified atom stereocenters. The van der Waals surface area contributed by atoms with Gasteiger partial charge < -0.3 is 5.11 Å². The molecule has 0 aromatic rings. The van der Waals surface area contributed by atoms with Crippen LogP contribution in [0.3, 0.4) is 0 Å². The molecule has 76 valence electrons. The van der Waals surface area contributed by atoms with E-state index in [2.05, 4.69) is 39.0 Å². The van der Waals surface area contributed by atoms with E-state index < -0.39 is 0 Å². The van der Waals surface area contributed by atoms with E-state index in [1.165, 1.54) is 11.1 Å². The van der Waals surface area contributed by atoms with Gasteiger partial charge in [0.25, 0.3) is 0 Å². The molecule has 1 heteroatoms. The van der Waals surface area contributed by atoms with Crippen molar-refractivity contribution in [2.45, 2.75) is 39.7 Å². The Morgan fingerprint density at radius 3 is 2.86 bits per heavy atom. The molecule has 14 heavy (non-hydrogen) atoms. The van der Waals surface area contributed by atoms with Crippen molar-refractivity contribution >= 4 is 0 Å². The van der Waals surface area contributed by atoms with E-state index in [9.17, 15) is 5.11 Å². The third kappa shape index (κ3) is 1.57. The first kappa shape index (κ1) is 9.72. The van der Waals surface area contributed by atoms with Crippen LogP contribution in [0.2, 0.25) is 0 Å². The topological polar surface area (TPSA) is 20.2 Å². The number of rotatable bonds is 0. The highest BCUT2D eigenvalue weighted by Crippen LogP contribution is 2.37. The average molecular weight is 190 g/mol. The molecular weight excluding hydrogens is 172 g/mol. The van der Waals surface area contributed by atoms with Gasteiger partial charge in [0.1, 0.15) is 0 Å². The third-order valence-corrected chi connectivity index (χ3v) is 3.13. The first-order chi connectivity index (χ1) is 6.49. The summed E-state index contributed by atoms with van der Waals surface area (Å²) in [5.74, 6) is 0. The molecule has 2 aliphatic carbocycles. The van der Waals surface area contributed by atoms with E-state index >= 15 is 0 Å². The number of hydrogen-bond donors (Lipinski definition) is 1. The SMILES string of the molecule is CC1=CC(C)(C)C=CC2=C1CCC2O. The highest BCUT2D eigenvalue weighted by Gasteiger charge is 2.26. The lowest BCUT2D eigenvalue weighted by Crippen LogP contribution is -2.04. The van der Waals surface area contributed by atoms with Gasteiger partial charge in [-0.05, 0) is 30.9 Å². The Balaban J connectivity index is 2.46. The van der Waals surface area contributed by atoms with Crippen LogP contribution in [-0.4, -0.2) is 11.2 Å². The monoisotopic (exact) mass is 190 g/mol. The van der Waals surface area contributed by atoms with E-state index in [4.69, 9.17) is 0 Å². The molecule has 0 spiro atoms. The lowest BCUT2D eigenvalue weighted by Gasteiger charge is -2.15. The fourth-order valence-corrected chi connectivity index (χ4v) is 2.42. The second-order valence-corrected chi connectivity index (χ2v) is 4.97. The number of allylic oxidation sites excluding steroid dienone is 4. The van der Waals surface area contributed by atoms with Crippen LogP contribution in [0.1, 0.15) is 33.6 Å². The Morgan fingerprint density at radius 2 is 2.14 bits per heavy atom. The van der Waals surface area contributed by atoms with Crippen LogP contribution in [-0.2, 0) is 0 Å². The maximum absolute atomic E-state index is 9.80. The zero-order chi connectivity index (χ0) is 10.3. The number of aliphatic hydroxyl groups excluding tert-OH is 1. The zero-order valence-electron chi connectivity index (χ0n) is 9.17. The van der Waals surface area contributed by atoms with Crippen molar-refractivity contribution in [1.82, 2.24) is 0 Å². The molecule has 0 heterocycles. The predicted octanol–water partition coefficient (Wildman–Crippen LogP) is 2.98.